The fourth-order valence-corrected chi connectivity index (χ4v) is 4.51. The number of anilines is 2. The van der Waals surface area contributed by atoms with Crippen LogP contribution in [0.4, 0.5) is 11.4 Å². The molecule has 1 aliphatic heterocycles. The van der Waals surface area contributed by atoms with E-state index < -0.39 is 10.0 Å². The van der Waals surface area contributed by atoms with Gasteiger partial charge in [0.15, 0.2) is 0 Å². The van der Waals surface area contributed by atoms with Crippen LogP contribution in [0.5, 0.6) is 0 Å². The number of fused-ring (bicyclic) bond motifs is 1. The van der Waals surface area contributed by atoms with Crippen LogP contribution < -0.4 is 10.0 Å². The third-order valence-corrected chi connectivity index (χ3v) is 5.62. The number of sulfonamides is 1. The fourth-order valence-electron chi connectivity index (χ4n) is 2.85. The van der Waals surface area contributed by atoms with Crippen LogP contribution in [-0.2, 0) is 16.4 Å². The molecule has 0 bridgehead atoms. The molecule has 5 heteroatoms. The molecule has 2 aromatic rings. The van der Waals surface area contributed by atoms with Gasteiger partial charge in [0.25, 0.3) is 10.0 Å². The second-order valence-corrected chi connectivity index (χ2v) is 7.20. The first-order chi connectivity index (χ1) is 10.00. The minimum atomic E-state index is -3.57. The van der Waals surface area contributed by atoms with E-state index in [1.54, 1.807) is 18.2 Å². The van der Waals surface area contributed by atoms with Gasteiger partial charge in [-0.05, 0) is 49.1 Å². The van der Waals surface area contributed by atoms with Gasteiger partial charge in [0.05, 0.1) is 10.6 Å². The van der Waals surface area contributed by atoms with E-state index in [-0.39, 0.29) is 4.90 Å². The van der Waals surface area contributed by atoms with E-state index in [0.717, 1.165) is 29.7 Å². The normalized spacial score (nSPS) is 14.8. The number of rotatable bonds is 2. The molecule has 0 amide bonds. The molecule has 0 saturated carbocycles. The fraction of sp³-hybridized carbons (Fsp3) is 0.250. The van der Waals surface area contributed by atoms with E-state index in [0.29, 0.717) is 12.2 Å². The molecule has 2 N–H and O–H groups in total. The van der Waals surface area contributed by atoms with Gasteiger partial charge >= 0.3 is 0 Å². The van der Waals surface area contributed by atoms with Crippen LogP contribution in [0.2, 0.25) is 0 Å². The summed E-state index contributed by atoms with van der Waals surface area (Å²) in [6, 6.07) is 12.4. The predicted molar refractivity (Wildman–Crippen MR) is 84.9 cm³/mol. The van der Waals surface area contributed by atoms with Gasteiger partial charge < -0.3 is 5.73 Å². The van der Waals surface area contributed by atoms with Crippen molar-refractivity contribution in [1.82, 2.24) is 0 Å². The number of para-hydroxylation sites is 1. The maximum atomic E-state index is 12.9. The Labute approximate surface area is 125 Å². The lowest BCUT2D eigenvalue weighted by atomic mass is 10.0. The molecule has 0 unspecified atom stereocenters. The Morgan fingerprint density at radius 3 is 2.67 bits per heavy atom. The zero-order chi connectivity index (χ0) is 15.0. The first-order valence-electron chi connectivity index (χ1n) is 6.97. The smallest absolute Gasteiger partial charge is 0.264 e. The zero-order valence-electron chi connectivity index (χ0n) is 11.9. The zero-order valence-corrected chi connectivity index (χ0v) is 12.7. The number of nitrogen functional groups attached to an aromatic ring is 1. The van der Waals surface area contributed by atoms with Crippen molar-refractivity contribution in [2.75, 3.05) is 16.6 Å². The first-order valence-corrected chi connectivity index (χ1v) is 8.41. The van der Waals surface area contributed by atoms with Gasteiger partial charge in [0.2, 0.25) is 0 Å². The largest absolute Gasteiger partial charge is 0.399 e. The monoisotopic (exact) mass is 302 g/mol. The van der Waals surface area contributed by atoms with E-state index >= 15 is 0 Å². The number of hydrogen-bond donors (Lipinski definition) is 1. The summed E-state index contributed by atoms with van der Waals surface area (Å²) in [4.78, 5) is 0.249. The summed E-state index contributed by atoms with van der Waals surface area (Å²) >= 11 is 0. The minimum absolute atomic E-state index is 0.249. The highest BCUT2D eigenvalue weighted by atomic mass is 32.2. The second-order valence-electron chi connectivity index (χ2n) is 5.34. The average molecular weight is 302 g/mol. The summed E-state index contributed by atoms with van der Waals surface area (Å²) in [6.07, 6.45) is 1.75. The van der Waals surface area contributed by atoms with Gasteiger partial charge in [-0.25, -0.2) is 8.42 Å². The van der Waals surface area contributed by atoms with Crippen LogP contribution in [0.1, 0.15) is 17.5 Å². The van der Waals surface area contributed by atoms with Gasteiger partial charge in [0, 0.05) is 12.2 Å². The lowest BCUT2D eigenvalue weighted by Crippen LogP contribution is -2.36. The molecule has 1 heterocycles. The van der Waals surface area contributed by atoms with Gasteiger partial charge in [-0.15, -0.1) is 0 Å². The number of nitrogens with zero attached hydrogens (tertiary/aromatic N) is 1. The SMILES string of the molecule is Cc1cccc2c1N(S(=O)(=O)c1cccc(N)c1)CCC2. The molecular formula is C16H18N2O2S. The van der Waals surface area contributed by atoms with Crippen LogP contribution in [0.25, 0.3) is 0 Å². The number of benzene rings is 2. The Bertz CT molecular complexity index is 785. The van der Waals surface area contributed by atoms with E-state index in [2.05, 4.69) is 0 Å². The standard InChI is InChI=1S/C16H18N2O2S/c1-12-5-2-6-13-7-4-10-18(16(12)13)21(19,20)15-9-3-8-14(17)11-15/h2-3,5-6,8-9,11H,4,7,10,17H2,1H3. The van der Waals surface area contributed by atoms with Gasteiger partial charge in [0.1, 0.15) is 0 Å². The van der Waals surface area contributed by atoms with Crippen LogP contribution in [0.15, 0.2) is 47.4 Å². The summed E-state index contributed by atoms with van der Waals surface area (Å²) in [6.45, 7) is 2.46. The molecule has 1 aliphatic rings. The van der Waals surface area contributed by atoms with Gasteiger partial charge in [-0.2, -0.15) is 0 Å². The molecule has 0 spiro atoms. The van der Waals surface area contributed by atoms with E-state index in [1.807, 2.05) is 25.1 Å². The molecular weight excluding hydrogens is 284 g/mol. The Morgan fingerprint density at radius 2 is 1.90 bits per heavy atom. The summed E-state index contributed by atoms with van der Waals surface area (Å²) in [5, 5.41) is 0. The Balaban J connectivity index is 2.14. The predicted octanol–water partition coefficient (Wildman–Crippen LogP) is 2.72. The van der Waals surface area contributed by atoms with Gasteiger partial charge in [-0.1, -0.05) is 24.3 Å². The summed E-state index contributed by atoms with van der Waals surface area (Å²) in [5.41, 5.74) is 9.09. The van der Waals surface area contributed by atoms with Crippen molar-refractivity contribution in [1.29, 1.82) is 0 Å². The first kappa shape index (κ1) is 13.9. The molecule has 110 valence electrons. The second kappa shape index (κ2) is 5.07. The van der Waals surface area contributed by atoms with Crippen molar-refractivity contribution >= 4 is 21.4 Å². The lowest BCUT2D eigenvalue weighted by molar-refractivity contribution is 0.586. The quantitative estimate of drug-likeness (QED) is 0.868. The van der Waals surface area contributed by atoms with Crippen LogP contribution in [0.3, 0.4) is 0 Å². The third kappa shape index (κ3) is 2.38. The number of nitrogens with two attached hydrogens (primary N) is 1. The highest BCUT2D eigenvalue weighted by Gasteiger charge is 2.30. The molecule has 0 aliphatic carbocycles. The lowest BCUT2D eigenvalue weighted by Gasteiger charge is -2.32. The molecule has 3 rings (SSSR count). The highest BCUT2D eigenvalue weighted by Crippen LogP contribution is 2.34. The molecule has 0 saturated heterocycles. The maximum Gasteiger partial charge on any atom is 0.264 e. The molecule has 4 nitrogen and oxygen atoms in total. The van der Waals surface area contributed by atoms with Gasteiger partial charge in [-0.3, -0.25) is 4.31 Å². The Morgan fingerprint density at radius 1 is 1.14 bits per heavy atom. The van der Waals surface area contributed by atoms with E-state index in [1.165, 1.54) is 10.4 Å². The van der Waals surface area contributed by atoms with Crippen molar-refractivity contribution < 1.29 is 8.42 Å². The van der Waals surface area contributed by atoms with Crippen molar-refractivity contribution in [2.45, 2.75) is 24.7 Å². The topological polar surface area (TPSA) is 63.4 Å². The molecule has 0 fully saturated rings. The molecule has 0 atom stereocenters. The summed E-state index contributed by atoms with van der Waals surface area (Å²) in [5.74, 6) is 0. The molecule has 0 radical (unpaired) electrons. The van der Waals surface area contributed by atoms with Crippen LogP contribution in [0, 0.1) is 6.92 Å². The van der Waals surface area contributed by atoms with Crippen LogP contribution in [-0.4, -0.2) is 15.0 Å². The van der Waals surface area contributed by atoms with E-state index in [4.69, 9.17) is 5.73 Å². The highest BCUT2D eigenvalue weighted by molar-refractivity contribution is 7.92. The van der Waals surface area contributed by atoms with E-state index in [9.17, 15) is 8.42 Å². The van der Waals surface area contributed by atoms with Crippen molar-refractivity contribution in [2.24, 2.45) is 0 Å². The Hall–Kier alpha value is -2.01. The van der Waals surface area contributed by atoms with Crippen molar-refractivity contribution in [3.8, 4) is 0 Å². The molecule has 0 aromatic heterocycles. The average Bonchev–Trinajstić information content (AvgIpc) is 2.47. The minimum Gasteiger partial charge on any atom is -0.399 e. The molecule has 2 aromatic carbocycles. The number of hydrogen-bond acceptors (Lipinski definition) is 3. The summed E-state index contributed by atoms with van der Waals surface area (Å²) in [7, 11) is -3.57. The van der Waals surface area contributed by atoms with Crippen molar-refractivity contribution in [3.05, 3.63) is 53.6 Å². The Kier molecular flexibility index (Phi) is 3.37. The maximum absolute atomic E-state index is 12.9. The number of aryl methyl sites for hydroxylation is 2. The summed E-state index contributed by atoms with van der Waals surface area (Å²) < 4.78 is 27.4. The third-order valence-electron chi connectivity index (χ3n) is 3.82. The van der Waals surface area contributed by atoms with Crippen LogP contribution >= 0.6 is 0 Å². The molecule has 21 heavy (non-hydrogen) atoms. The van der Waals surface area contributed by atoms with Crippen molar-refractivity contribution in [3.63, 3.8) is 0 Å².